The van der Waals surface area contributed by atoms with Gasteiger partial charge in [0.15, 0.2) is 0 Å². The Morgan fingerprint density at radius 3 is 1.63 bits per heavy atom. The first kappa shape index (κ1) is 49.0. The van der Waals surface area contributed by atoms with Crippen LogP contribution in [0.4, 0.5) is 32.2 Å². The molecule has 326 valence electrons. The van der Waals surface area contributed by atoms with Gasteiger partial charge in [-0.2, -0.15) is 31.3 Å². The minimum atomic E-state index is -5.19. The minimum Gasteiger partial charge on any atom is -0.542 e. The van der Waals surface area contributed by atoms with E-state index < -0.39 is 55.7 Å². The predicted octanol–water partition coefficient (Wildman–Crippen LogP) is 5.06. The molecule has 4 aromatic rings. The van der Waals surface area contributed by atoms with Crippen molar-refractivity contribution in [1.82, 2.24) is 9.55 Å². The molecule has 0 aliphatic carbocycles. The molecule has 19 heteroatoms. The average molecular weight is 870 g/mol. The highest BCUT2D eigenvalue weighted by Crippen LogP contribution is 2.56. The van der Waals surface area contributed by atoms with E-state index in [9.17, 15) is 41.0 Å². The average Bonchev–Trinajstić information content (AvgIpc) is 3.58. The summed E-state index contributed by atoms with van der Waals surface area (Å²) in [5, 5.41) is 30.6. The largest absolute Gasteiger partial charge is 0.542 e. The van der Waals surface area contributed by atoms with E-state index in [4.69, 9.17) is 35.0 Å². The van der Waals surface area contributed by atoms with E-state index in [0.717, 1.165) is 38.3 Å². The maximum atomic E-state index is 12.3. The normalized spacial score (nSPS) is 16.4. The maximum absolute atomic E-state index is 12.3. The molecule has 1 fully saturated rings. The fourth-order valence-corrected chi connectivity index (χ4v) is 10.7. The molecule has 60 heavy (non-hydrogen) atoms. The molecule has 0 radical (unpaired) electrons. The number of aliphatic hydroxyl groups excluding tert-OH is 1. The number of anilines is 1. The van der Waals surface area contributed by atoms with Crippen molar-refractivity contribution in [2.24, 2.45) is 0 Å². The lowest BCUT2D eigenvalue weighted by molar-refractivity contribution is -0.344. The molecule has 0 unspecified atom stereocenters. The second-order valence-corrected chi connectivity index (χ2v) is 17.1. The number of halogens is 6. The van der Waals surface area contributed by atoms with Crippen LogP contribution in [0.15, 0.2) is 108 Å². The van der Waals surface area contributed by atoms with Crippen molar-refractivity contribution in [1.29, 1.82) is 0 Å². The third-order valence-corrected chi connectivity index (χ3v) is 13.7. The third-order valence-electron chi connectivity index (χ3n) is 9.21. The van der Waals surface area contributed by atoms with Gasteiger partial charge in [0.25, 0.3) is 0 Å². The number of ether oxygens (including phenoxy) is 2. The number of rotatable bonds is 16. The van der Waals surface area contributed by atoms with Crippen LogP contribution in [0, 0.1) is 0 Å². The molecule has 3 atom stereocenters. The van der Waals surface area contributed by atoms with Crippen LogP contribution in [0.5, 0.6) is 0 Å². The topological polar surface area (TPSA) is 194 Å². The Bertz CT molecular complexity index is 1870. The predicted molar refractivity (Wildman–Crippen MR) is 210 cm³/mol. The fourth-order valence-electron chi connectivity index (χ4n) is 6.31. The van der Waals surface area contributed by atoms with Crippen LogP contribution in [0.2, 0.25) is 0 Å². The SMILES string of the molecule is Nc1ccn([C@H]2C[C@H](O)[C@@H](COC(=O)CCCCCCCCC[P+](c3ccccc3)(c3ccccc3)c3ccccc3)O2)c(=O)n1.O=C(O)C(F)(F)F.O=C([O-])C(F)(F)F. The second kappa shape index (κ2) is 23.5. The summed E-state index contributed by atoms with van der Waals surface area (Å²) < 4.78 is 75.7. The molecule has 1 aliphatic rings. The number of unbranched alkanes of at least 4 members (excludes halogenated alkanes) is 6. The van der Waals surface area contributed by atoms with E-state index >= 15 is 0 Å². The van der Waals surface area contributed by atoms with Gasteiger partial charge in [0.1, 0.15) is 53.9 Å². The third kappa shape index (κ3) is 15.4. The Labute approximate surface area is 342 Å². The van der Waals surface area contributed by atoms with Gasteiger partial charge in [0, 0.05) is 19.0 Å². The molecule has 4 N–H and O–H groups in total. The smallest absolute Gasteiger partial charge is 0.490 e. The number of alkyl halides is 6. The van der Waals surface area contributed by atoms with Gasteiger partial charge < -0.3 is 35.3 Å². The number of aromatic nitrogens is 2. The number of nitrogens with two attached hydrogens (primary N) is 1. The number of carboxylic acid groups (broad SMARTS) is 2. The van der Waals surface area contributed by atoms with E-state index in [1.807, 2.05) is 0 Å². The van der Waals surface area contributed by atoms with Crippen LogP contribution in [-0.4, -0.2) is 75.0 Å². The fraction of sp³-hybridized carbons (Fsp3) is 0.390. The van der Waals surface area contributed by atoms with Crippen LogP contribution in [0.25, 0.3) is 0 Å². The highest BCUT2D eigenvalue weighted by molar-refractivity contribution is 7.95. The molecule has 1 aliphatic heterocycles. The van der Waals surface area contributed by atoms with Crippen LogP contribution < -0.4 is 32.4 Å². The number of benzene rings is 3. The molecule has 12 nitrogen and oxygen atoms in total. The van der Waals surface area contributed by atoms with Gasteiger partial charge >= 0.3 is 30.0 Å². The number of aliphatic hydroxyl groups is 1. The van der Waals surface area contributed by atoms with E-state index in [-0.39, 0.29) is 24.8 Å². The first-order chi connectivity index (χ1) is 28.4. The van der Waals surface area contributed by atoms with E-state index in [1.54, 1.807) is 0 Å². The standard InChI is InChI=1S/C37H44N3O5P.2C2HF3O2/c38-34-24-25-40(37(43)39-34)35-27-32(41)33(45-35)28-44-36(42)23-15-4-2-1-3-5-16-26-46(29-17-9-6-10-18-29,30-19-11-7-12-20-30)31-21-13-8-14-22-31;2*3-2(4,5)1(6)7/h6-14,17-22,24-25,32-33,35,41H,1-5,15-16,23,26-28H2,(H-,38,39,43);2*(H,6,7)/t32-,33+,35+;;/m0../s1. The highest BCUT2D eigenvalue weighted by atomic mass is 31.2. The molecule has 1 aromatic heterocycles. The summed E-state index contributed by atoms with van der Waals surface area (Å²) in [6.45, 7) is -0.0489. The molecule has 0 saturated carbocycles. The first-order valence-electron chi connectivity index (χ1n) is 18.8. The zero-order valence-electron chi connectivity index (χ0n) is 32.3. The van der Waals surface area contributed by atoms with Gasteiger partial charge in [-0.3, -0.25) is 9.36 Å². The lowest BCUT2D eigenvalue weighted by atomic mass is 10.1. The minimum absolute atomic E-state index is 0.0489. The van der Waals surface area contributed by atoms with Crippen molar-refractivity contribution in [3.8, 4) is 0 Å². The Morgan fingerprint density at radius 2 is 1.22 bits per heavy atom. The summed E-state index contributed by atoms with van der Waals surface area (Å²) in [6.07, 6.45) is -1.81. The molecule has 3 aromatic carbocycles. The maximum Gasteiger partial charge on any atom is 0.490 e. The second-order valence-electron chi connectivity index (χ2n) is 13.5. The highest BCUT2D eigenvalue weighted by Gasteiger charge is 2.44. The Morgan fingerprint density at radius 1 is 0.783 bits per heavy atom. The molecule has 0 bridgehead atoms. The van der Waals surface area contributed by atoms with E-state index in [2.05, 4.69) is 96.0 Å². The number of carboxylic acids is 2. The van der Waals surface area contributed by atoms with Crippen molar-refractivity contribution in [2.75, 3.05) is 18.5 Å². The summed E-state index contributed by atoms with van der Waals surface area (Å²) in [5.41, 5.74) is 5.00. The van der Waals surface area contributed by atoms with Gasteiger partial charge in [-0.1, -0.05) is 80.3 Å². The number of hydrogen-bond donors (Lipinski definition) is 3. The molecule has 0 amide bonds. The van der Waals surface area contributed by atoms with Crippen LogP contribution >= 0.6 is 7.26 Å². The van der Waals surface area contributed by atoms with E-state index in [1.165, 1.54) is 45.6 Å². The molecular weight excluding hydrogens is 823 g/mol. The molecule has 0 spiro atoms. The quantitative estimate of drug-likeness (QED) is 0.0590. The lowest BCUT2D eigenvalue weighted by Gasteiger charge is -2.27. The van der Waals surface area contributed by atoms with Crippen molar-refractivity contribution in [3.05, 3.63) is 114 Å². The van der Waals surface area contributed by atoms with Gasteiger partial charge in [-0.15, -0.1) is 0 Å². The number of carbonyl (C=O) groups excluding carboxylic acids is 2. The van der Waals surface area contributed by atoms with Crippen LogP contribution in [-0.2, 0) is 23.9 Å². The Balaban J connectivity index is 0.000000589. The summed E-state index contributed by atoms with van der Waals surface area (Å²) in [4.78, 5) is 45.8. The number of carbonyl (C=O) groups is 3. The van der Waals surface area contributed by atoms with Crippen molar-refractivity contribution in [3.63, 3.8) is 0 Å². The van der Waals surface area contributed by atoms with E-state index in [0.29, 0.717) is 6.42 Å². The monoisotopic (exact) mass is 869 g/mol. The molecule has 1 saturated heterocycles. The number of esters is 1. The number of hydrogen-bond acceptors (Lipinski definition) is 10. The van der Waals surface area contributed by atoms with Gasteiger partial charge in [-0.05, 0) is 61.7 Å². The zero-order valence-corrected chi connectivity index (χ0v) is 33.2. The van der Waals surface area contributed by atoms with Gasteiger partial charge in [-0.25, -0.2) is 9.59 Å². The van der Waals surface area contributed by atoms with Crippen molar-refractivity contribution in [2.45, 2.75) is 88.6 Å². The van der Waals surface area contributed by atoms with Crippen molar-refractivity contribution < 1.29 is 65.5 Å². The Kier molecular flexibility index (Phi) is 19.2. The molecule has 5 rings (SSSR count). The molecular formula is C41H46F6N3O9P. The number of nitrogen functional groups attached to an aromatic ring is 1. The van der Waals surface area contributed by atoms with Crippen molar-refractivity contribution >= 4 is 46.9 Å². The summed E-state index contributed by atoms with van der Waals surface area (Å²) in [5.74, 6) is -5.94. The Hall–Kier alpha value is -5.32. The zero-order chi connectivity index (χ0) is 44.3. The molecule has 2 heterocycles. The van der Waals surface area contributed by atoms with Gasteiger partial charge in [0.05, 0.1) is 12.3 Å². The number of aliphatic carboxylic acids is 2. The van der Waals surface area contributed by atoms with Gasteiger partial charge in [0.2, 0.25) is 0 Å². The number of nitrogens with zero attached hydrogens (tertiary/aromatic N) is 2. The summed E-state index contributed by atoms with van der Waals surface area (Å²) in [7, 11) is -1.77. The summed E-state index contributed by atoms with van der Waals surface area (Å²) >= 11 is 0. The van der Waals surface area contributed by atoms with Crippen LogP contribution in [0.1, 0.15) is 64.0 Å². The summed E-state index contributed by atoms with van der Waals surface area (Å²) in [6, 6.07) is 34.6. The van der Waals surface area contributed by atoms with Crippen LogP contribution in [0.3, 0.4) is 0 Å². The lowest BCUT2D eigenvalue weighted by Crippen LogP contribution is -2.37. The first-order valence-corrected chi connectivity index (χ1v) is 20.8.